The molecule has 0 aliphatic rings. The minimum absolute atomic E-state index is 0.0345. The first kappa shape index (κ1) is 21.9. The molecule has 8 nitrogen and oxygen atoms in total. The second-order valence-corrected chi connectivity index (χ2v) is 6.64. The Morgan fingerprint density at radius 2 is 1.52 bits per heavy atom. The van der Waals surface area contributed by atoms with Gasteiger partial charge in [-0.25, -0.2) is 9.59 Å². The van der Waals surface area contributed by atoms with Crippen LogP contribution in [0.3, 0.4) is 0 Å². The lowest BCUT2D eigenvalue weighted by Gasteiger charge is -2.18. The maximum atomic E-state index is 11.9. The molecule has 0 heterocycles. The summed E-state index contributed by atoms with van der Waals surface area (Å²) in [5.41, 5.74) is -0.207. The minimum atomic E-state index is -1.41. The topological polar surface area (TPSA) is 145 Å². The Bertz CT molecular complexity index is 933. The highest BCUT2D eigenvalue weighted by atomic mass is 16.5. The third-order valence-corrected chi connectivity index (χ3v) is 4.45. The number of carbonyl (C=O) groups is 2. The molecular weight excluding hydrogens is 380 g/mol. The van der Waals surface area contributed by atoms with Gasteiger partial charge in [0, 0.05) is 17.7 Å². The third kappa shape index (κ3) is 4.71. The number of carboxylic acid groups (broad SMARTS) is 2. The van der Waals surface area contributed by atoms with E-state index in [1.54, 1.807) is 6.92 Å². The third-order valence-electron chi connectivity index (χ3n) is 4.45. The molecule has 2 rings (SSSR count). The number of benzene rings is 2. The molecule has 0 saturated heterocycles. The van der Waals surface area contributed by atoms with E-state index in [2.05, 4.69) is 0 Å². The van der Waals surface area contributed by atoms with Gasteiger partial charge in [-0.15, -0.1) is 0 Å². The van der Waals surface area contributed by atoms with Gasteiger partial charge in [0.15, 0.2) is 11.5 Å². The molecule has 2 aromatic carbocycles. The van der Waals surface area contributed by atoms with E-state index in [-0.39, 0.29) is 34.8 Å². The van der Waals surface area contributed by atoms with Crippen LogP contribution in [0.2, 0.25) is 0 Å². The molecule has 5 N–H and O–H groups in total. The molecule has 0 fully saturated rings. The molecule has 29 heavy (non-hydrogen) atoms. The number of phenolic OH excluding ortho intramolecular Hbond substituents is 2. The number of ether oxygens (including phenoxy) is 1. The van der Waals surface area contributed by atoms with Crippen LogP contribution in [-0.4, -0.2) is 37.5 Å². The SMILES string of the molecule is CCCCc1cc(O)cc(Oc2c(O)cc(O)c(C(=O)O)c2CCC)c1C(=O)O. The first-order valence-electron chi connectivity index (χ1n) is 9.29. The largest absolute Gasteiger partial charge is 0.508 e. The molecule has 8 heteroatoms. The van der Waals surface area contributed by atoms with Crippen molar-refractivity contribution in [3.05, 3.63) is 40.5 Å². The Kier molecular flexibility index (Phi) is 6.93. The van der Waals surface area contributed by atoms with Crippen molar-refractivity contribution in [1.82, 2.24) is 0 Å². The van der Waals surface area contributed by atoms with Crippen molar-refractivity contribution in [3.8, 4) is 28.7 Å². The number of aromatic hydroxyl groups is 3. The highest BCUT2D eigenvalue weighted by Gasteiger charge is 2.26. The zero-order chi connectivity index (χ0) is 21.7. The van der Waals surface area contributed by atoms with Gasteiger partial charge in [-0.2, -0.15) is 0 Å². The van der Waals surface area contributed by atoms with E-state index in [0.29, 0.717) is 24.8 Å². The van der Waals surface area contributed by atoms with Crippen molar-refractivity contribution in [3.63, 3.8) is 0 Å². The number of unbranched alkanes of at least 4 members (excludes halogenated alkanes) is 1. The second kappa shape index (κ2) is 9.18. The van der Waals surface area contributed by atoms with E-state index in [9.17, 15) is 35.1 Å². The second-order valence-electron chi connectivity index (χ2n) is 6.64. The number of aromatic carboxylic acids is 2. The Balaban J connectivity index is 2.70. The molecule has 0 amide bonds. The molecule has 0 aliphatic heterocycles. The highest BCUT2D eigenvalue weighted by molar-refractivity contribution is 5.95. The fourth-order valence-electron chi connectivity index (χ4n) is 3.19. The number of hydrogen-bond donors (Lipinski definition) is 5. The summed E-state index contributed by atoms with van der Waals surface area (Å²) in [6.45, 7) is 3.72. The quantitative estimate of drug-likeness (QED) is 0.416. The lowest BCUT2D eigenvalue weighted by Crippen LogP contribution is -2.08. The molecule has 0 bridgehead atoms. The normalized spacial score (nSPS) is 10.7. The number of hydrogen-bond acceptors (Lipinski definition) is 6. The molecule has 156 valence electrons. The van der Waals surface area contributed by atoms with Gasteiger partial charge in [-0.1, -0.05) is 26.7 Å². The Morgan fingerprint density at radius 3 is 2.07 bits per heavy atom. The van der Waals surface area contributed by atoms with Gasteiger partial charge >= 0.3 is 11.9 Å². The summed E-state index contributed by atoms with van der Waals surface area (Å²) >= 11 is 0. The van der Waals surface area contributed by atoms with Gasteiger partial charge in [-0.3, -0.25) is 0 Å². The molecule has 0 aliphatic carbocycles. The predicted molar refractivity (Wildman–Crippen MR) is 104 cm³/mol. The van der Waals surface area contributed by atoms with Gasteiger partial charge in [0.25, 0.3) is 0 Å². The average molecular weight is 404 g/mol. The summed E-state index contributed by atoms with van der Waals surface area (Å²) < 4.78 is 5.67. The Hall–Kier alpha value is -3.42. The van der Waals surface area contributed by atoms with Crippen LogP contribution in [0.25, 0.3) is 0 Å². The van der Waals surface area contributed by atoms with Crippen LogP contribution < -0.4 is 4.74 Å². The van der Waals surface area contributed by atoms with E-state index in [1.165, 1.54) is 6.07 Å². The number of rotatable bonds is 9. The summed E-state index contributed by atoms with van der Waals surface area (Å²) in [7, 11) is 0. The van der Waals surface area contributed by atoms with Gasteiger partial charge in [-0.05, 0) is 30.9 Å². The molecular formula is C21H24O8. The fraction of sp³-hybridized carbons (Fsp3) is 0.333. The van der Waals surface area contributed by atoms with Crippen molar-refractivity contribution in [1.29, 1.82) is 0 Å². The van der Waals surface area contributed by atoms with Crippen LogP contribution >= 0.6 is 0 Å². The molecule has 0 atom stereocenters. The highest BCUT2D eigenvalue weighted by Crippen LogP contribution is 2.43. The molecule has 0 aromatic heterocycles. The first-order valence-corrected chi connectivity index (χ1v) is 9.29. The van der Waals surface area contributed by atoms with E-state index in [4.69, 9.17) is 4.74 Å². The molecule has 0 radical (unpaired) electrons. The van der Waals surface area contributed by atoms with Crippen LogP contribution in [-0.2, 0) is 12.8 Å². The zero-order valence-electron chi connectivity index (χ0n) is 16.2. The lowest BCUT2D eigenvalue weighted by atomic mass is 9.99. The molecule has 0 spiro atoms. The Morgan fingerprint density at radius 1 is 0.862 bits per heavy atom. The zero-order valence-corrected chi connectivity index (χ0v) is 16.2. The molecule has 0 unspecified atom stereocenters. The minimum Gasteiger partial charge on any atom is -0.508 e. The van der Waals surface area contributed by atoms with E-state index in [1.807, 2.05) is 6.92 Å². The van der Waals surface area contributed by atoms with Gasteiger partial charge in [0.2, 0.25) is 0 Å². The standard InChI is InChI=1S/C21H24O8/c1-3-5-7-11-8-12(22)9-16(17(11)20(25)26)29-19-13(6-4-2)18(21(27)28)14(23)10-15(19)24/h8-10,22-24H,3-7H2,1-2H3,(H,25,26)(H,27,28). The van der Waals surface area contributed by atoms with Crippen LogP contribution in [0.4, 0.5) is 0 Å². The molecule has 2 aromatic rings. The van der Waals surface area contributed by atoms with Crippen molar-refractivity contribution < 1.29 is 39.9 Å². The average Bonchev–Trinajstić information content (AvgIpc) is 2.62. The van der Waals surface area contributed by atoms with Crippen molar-refractivity contribution in [2.24, 2.45) is 0 Å². The van der Waals surface area contributed by atoms with Crippen molar-refractivity contribution in [2.75, 3.05) is 0 Å². The number of aryl methyl sites for hydroxylation is 1. The first-order chi connectivity index (χ1) is 13.7. The van der Waals surface area contributed by atoms with E-state index in [0.717, 1.165) is 18.6 Å². The van der Waals surface area contributed by atoms with Gasteiger partial charge < -0.3 is 30.3 Å². The summed E-state index contributed by atoms with van der Waals surface area (Å²) in [6.07, 6.45) is 2.53. The maximum absolute atomic E-state index is 11.9. The summed E-state index contributed by atoms with van der Waals surface area (Å²) in [5, 5.41) is 49.4. The summed E-state index contributed by atoms with van der Waals surface area (Å²) in [5.74, 6) is -4.55. The van der Waals surface area contributed by atoms with Crippen molar-refractivity contribution in [2.45, 2.75) is 46.0 Å². The van der Waals surface area contributed by atoms with Crippen LogP contribution in [0, 0.1) is 0 Å². The number of carboxylic acids is 2. The smallest absolute Gasteiger partial charge is 0.339 e. The fourth-order valence-corrected chi connectivity index (χ4v) is 3.19. The lowest BCUT2D eigenvalue weighted by molar-refractivity contribution is 0.0679. The van der Waals surface area contributed by atoms with Gasteiger partial charge in [0.1, 0.15) is 28.4 Å². The van der Waals surface area contributed by atoms with Crippen molar-refractivity contribution >= 4 is 11.9 Å². The van der Waals surface area contributed by atoms with E-state index >= 15 is 0 Å². The van der Waals surface area contributed by atoms with Crippen LogP contribution in [0.15, 0.2) is 18.2 Å². The van der Waals surface area contributed by atoms with Crippen LogP contribution in [0.5, 0.6) is 28.7 Å². The monoisotopic (exact) mass is 404 g/mol. The van der Waals surface area contributed by atoms with Crippen LogP contribution in [0.1, 0.15) is 65.0 Å². The predicted octanol–water partition coefficient (Wildman–Crippen LogP) is 4.29. The summed E-state index contributed by atoms with van der Waals surface area (Å²) in [6, 6.07) is 3.28. The van der Waals surface area contributed by atoms with Gasteiger partial charge in [0.05, 0.1) is 0 Å². The maximum Gasteiger partial charge on any atom is 0.339 e. The Labute approximate surface area is 167 Å². The molecule has 0 saturated carbocycles. The summed E-state index contributed by atoms with van der Waals surface area (Å²) in [4.78, 5) is 23.5. The number of phenols is 3. The van der Waals surface area contributed by atoms with E-state index < -0.39 is 29.0 Å².